The second-order valence-electron chi connectivity index (χ2n) is 4.55. The molecule has 0 aromatic heterocycles. The molecule has 0 aromatic carbocycles. The second-order valence-corrected chi connectivity index (χ2v) is 4.55. The van der Waals surface area contributed by atoms with Gasteiger partial charge in [0.05, 0.1) is 6.61 Å². The Hall–Kier alpha value is -1.39. The molecule has 0 amide bonds. The molecule has 4 nitrogen and oxygen atoms in total. The molecule has 0 saturated carbocycles. The Kier molecular flexibility index (Phi) is 5.31. The number of unbranched alkanes of at least 4 members (excludes halogenated alkanes) is 1. The molecule has 18 heavy (non-hydrogen) atoms. The van der Waals surface area contributed by atoms with Crippen LogP contribution in [0.5, 0.6) is 0 Å². The molecule has 0 aromatic rings. The van der Waals surface area contributed by atoms with Gasteiger partial charge in [-0.05, 0) is 26.2 Å². The SMILES string of the molecule is C=C(C)C(=O)OCCCCC1(O)C=CC=CC1O. The van der Waals surface area contributed by atoms with Gasteiger partial charge in [-0.15, -0.1) is 0 Å². The number of esters is 1. The highest BCUT2D eigenvalue weighted by Gasteiger charge is 2.31. The normalized spacial score (nSPS) is 26.1. The van der Waals surface area contributed by atoms with Crippen molar-refractivity contribution in [3.05, 3.63) is 36.5 Å². The third-order valence-corrected chi connectivity index (χ3v) is 2.85. The molecule has 2 atom stereocenters. The van der Waals surface area contributed by atoms with Crippen molar-refractivity contribution in [3.8, 4) is 0 Å². The Labute approximate surface area is 107 Å². The molecule has 0 radical (unpaired) electrons. The molecule has 0 spiro atoms. The van der Waals surface area contributed by atoms with E-state index in [0.717, 1.165) is 0 Å². The van der Waals surface area contributed by atoms with Crippen LogP contribution in [0.15, 0.2) is 36.5 Å². The van der Waals surface area contributed by atoms with Crippen molar-refractivity contribution in [1.82, 2.24) is 0 Å². The van der Waals surface area contributed by atoms with Crippen LogP contribution in [0, 0.1) is 0 Å². The summed E-state index contributed by atoms with van der Waals surface area (Å²) in [5, 5.41) is 19.8. The average molecular weight is 252 g/mol. The zero-order chi connectivity index (χ0) is 13.6. The van der Waals surface area contributed by atoms with Gasteiger partial charge in [0, 0.05) is 5.57 Å². The van der Waals surface area contributed by atoms with Gasteiger partial charge >= 0.3 is 5.97 Å². The van der Waals surface area contributed by atoms with Crippen molar-refractivity contribution >= 4 is 5.97 Å². The molecule has 0 aliphatic heterocycles. The lowest BCUT2D eigenvalue weighted by Gasteiger charge is -2.30. The van der Waals surface area contributed by atoms with Crippen molar-refractivity contribution in [3.63, 3.8) is 0 Å². The molecule has 0 fully saturated rings. The Balaban J connectivity index is 2.22. The van der Waals surface area contributed by atoms with Crippen LogP contribution in [0.2, 0.25) is 0 Å². The average Bonchev–Trinajstić information content (AvgIpc) is 2.32. The van der Waals surface area contributed by atoms with Gasteiger partial charge < -0.3 is 14.9 Å². The summed E-state index contributed by atoms with van der Waals surface area (Å²) in [6, 6.07) is 0. The van der Waals surface area contributed by atoms with E-state index in [9.17, 15) is 15.0 Å². The minimum Gasteiger partial charge on any atom is -0.462 e. The number of hydrogen-bond acceptors (Lipinski definition) is 4. The van der Waals surface area contributed by atoms with E-state index in [1.165, 1.54) is 0 Å². The van der Waals surface area contributed by atoms with Crippen LogP contribution in [-0.4, -0.2) is 34.5 Å². The monoisotopic (exact) mass is 252 g/mol. The Bertz CT molecular complexity index is 370. The van der Waals surface area contributed by atoms with Crippen LogP contribution < -0.4 is 0 Å². The number of ether oxygens (including phenoxy) is 1. The van der Waals surface area contributed by atoms with E-state index < -0.39 is 17.7 Å². The van der Waals surface area contributed by atoms with Crippen molar-refractivity contribution in [2.45, 2.75) is 37.9 Å². The van der Waals surface area contributed by atoms with Crippen LogP contribution in [0.4, 0.5) is 0 Å². The van der Waals surface area contributed by atoms with Gasteiger partial charge in [-0.3, -0.25) is 0 Å². The van der Waals surface area contributed by atoms with Gasteiger partial charge in [0.25, 0.3) is 0 Å². The topological polar surface area (TPSA) is 66.8 Å². The third-order valence-electron chi connectivity index (χ3n) is 2.85. The highest BCUT2D eigenvalue weighted by molar-refractivity contribution is 5.86. The second kappa shape index (κ2) is 6.52. The fourth-order valence-electron chi connectivity index (χ4n) is 1.69. The van der Waals surface area contributed by atoms with E-state index in [4.69, 9.17) is 4.74 Å². The first-order valence-electron chi connectivity index (χ1n) is 6.05. The Morgan fingerprint density at radius 1 is 1.44 bits per heavy atom. The summed E-state index contributed by atoms with van der Waals surface area (Å²) in [5.41, 5.74) is -0.822. The summed E-state index contributed by atoms with van der Waals surface area (Å²) >= 11 is 0. The minimum atomic E-state index is -1.20. The molecular formula is C14H20O4. The van der Waals surface area contributed by atoms with E-state index >= 15 is 0 Å². The molecule has 4 heteroatoms. The Morgan fingerprint density at radius 3 is 2.78 bits per heavy atom. The van der Waals surface area contributed by atoms with E-state index in [0.29, 0.717) is 31.4 Å². The highest BCUT2D eigenvalue weighted by atomic mass is 16.5. The fraction of sp³-hybridized carbons (Fsp3) is 0.500. The van der Waals surface area contributed by atoms with Crippen molar-refractivity contribution in [2.24, 2.45) is 0 Å². The largest absolute Gasteiger partial charge is 0.462 e. The predicted molar refractivity (Wildman–Crippen MR) is 68.9 cm³/mol. The van der Waals surface area contributed by atoms with Crippen LogP contribution in [-0.2, 0) is 9.53 Å². The number of rotatable bonds is 6. The molecule has 100 valence electrons. The fourth-order valence-corrected chi connectivity index (χ4v) is 1.69. The zero-order valence-corrected chi connectivity index (χ0v) is 10.6. The lowest BCUT2D eigenvalue weighted by molar-refractivity contribution is -0.139. The van der Waals surface area contributed by atoms with E-state index in [-0.39, 0.29) is 0 Å². The van der Waals surface area contributed by atoms with Gasteiger partial charge in [-0.2, -0.15) is 0 Å². The predicted octanol–water partition coefficient (Wildman–Crippen LogP) is 1.49. The molecule has 2 unspecified atom stereocenters. The minimum absolute atomic E-state index is 0.303. The number of aliphatic hydroxyl groups is 2. The summed E-state index contributed by atoms with van der Waals surface area (Å²) in [6.07, 6.45) is 7.43. The number of carbonyl (C=O) groups excluding carboxylic acids is 1. The summed E-state index contributed by atoms with van der Waals surface area (Å²) < 4.78 is 4.94. The van der Waals surface area contributed by atoms with Crippen LogP contribution in [0.3, 0.4) is 0 Å². The molecule has 0 bridgehead atoms. The first kappa shape index (κ1) is 14.7. The first-order chi connectivity index (χ1) is 8.46. The first-order valence-corrected chi connectivity index (χ1v) is 6.05. The quantitative estimate of drug-likeness (QED) is 0.427. The van der Waals surface area contributed by atoms with Gasteiger partial charge in [-0.1, -0.05) is 30.9 Å². The highest BCUT2D eigenvalue weighted by Crippen LogP contribution is 2.24. The maximum atomic E-state index is 11.1. The summed E-state index contributed by atoms with van der Waals surface area (Å²) in [5.74, 6) is -0.394. The van der Waals surface area contributed by atoms with E-state index in [1.54, 1.807) is 31.2 Å². The lowest BCUT2D eigenvalue weighted by atomic mass is 9.87. The van der Waals surface area contributed by atoms with Gasteiger partial charge in [0.2, 0.25) is 0 Å². The molecule has 1 aliphatic carbocycles. The standard InChI is InChI=1S/C14H20O4/c1-11(2)13(16)18-10-6-5-9-14(17)8-4-3-7-12(14)15/h3-4,7-8,12,15,17H,1,5-6,9-10H2,2H3. The van der Waals surface area contributed by atoms with E-state index in [2.05, 4.69) is 6.58 Å². The number of aliphatic hydroxyl groups excluding tert-OH is 1. The molecular weight excluding hydrogens is 232 g/mol. The maximum absolute atomic E-state index is 11.1. The van der Waals surface area contributed by atoms with Crippen molar-refractivity contribution in [1.29, 1.82) is 0 Å². The smallest absolute Gasteiger partial charge is 0.333 e. The molecule has 0 saturated heterocycles. The lowest BCUT2D eigenvalue weighted by Crippen LogP contribution is -2.40. The van der Waals surface area contributed by atoms with E-state index in [1.807, 2.05) is 0 Å². The van der Waals surface area contributed by atoms with Gasteiger partial charge in [0.15, 0.2) is 0 Å². The Morgan fingerprint density at radius 2 is 2.17 bits per heavy atom. The number of hydrogen-bond donors (Lipinski definition) is 2. The van der Waals surface area contributed by atoms with Crippen LogP contribution in [0.1, 0.15) is 26.2 Å². The molecule has 1 rings (SSSR count). The van der Waals surface area contributed by atoms with Gasteiger partial charge in [-0.25, -0.2) is 4.79 Å². The van der Waals surface area contributed by atoms with Crippen molar-refractivity contribution < 1.29 is 19.7 Å². The summed E-state index contributed by atoms with van der Waals surface area (Å²) in [6.45, 7) is 5.38. The molecule has 2 N–H and O–H groups in total. The summed E-state index contributed by atoms with van der Waals surface area (Å²) in [7, 11) is 0. The van der Waals surface area contributed by atoms with Crippen LogP contribution in [0.25, 0.3) is 0 Å². The zero-order valence-electron chi connectivity index (χ0n) is 10.6. The molecule has 1 aliphatic rings. The molecule has 0 heterocycles. The van der Waals surface area contributed by atoms with Crippen LogP contribution >= 0.6 is 0 Å². The van der Waals surface area contributed by atoms with Gasteiger partial charge in [0.1, 0.15) is 11.7 Å². The van der Waals surface area contributed by atoms with Crippen molar-refractivity contribution in [2.75, 3.05) is 6.61 Å². The maximum Gasteiger partial charge on any atom is 0.333 e. The number of carbonyl (C=O) groups is 1. The third kappa shape index (κ3) is 4.13. The number of allylic oxidation sites excluding steroid dienone is 2. The summed E-state index contributed by atoms with van der Waals surface area (Å²) in [4.78, 5) is 11.1.